The first-order valence-electron chi connectivity index (χ1n) is 6.07. The van der Waals surface area contributed by atoms with Gasteiger partial charge in [0.05, 0.1) is 0 Å². The molecule has 1 heteroatoms. The van der Waals surface area contributed by atoms with Gasteiger partial charge in [-0.15, -0.1) is 0 Å². The van der Waals surface area contributed by atoms with Crippen LogP contribution < -0.4 is 5.32 Å². The summed E-state index contributed by atoms with van der Waals surface area (Å²) in [5.41, 5.74) is 3.00. The molecule has 1 aromatic carbocycles. The highest BCUT2D eigenvalue weighted by atomic mass is 14.9. The fourth-order valence-electron chi connectivity index (χ4n) is 1.95. The molecular formula is C14H23N. The Labute approximate surface area is 93.9 Å². The SMILES string of the molecule is CC.CC(C)[C@H]1Cc2ccccc2CN1. The molecule has 0 bridgehead atoms. The van der Waals surface area contributed by atoms with Crippen molar-refractivity contribution < 1.29 is 0 Å². The smallest absolute Gasteiger partial charge is 0.0211 e. The van der Waals surface area contributed by atoms with E-state index in [0.29, 0.717) is 6.04 Å². The van der Waals surface area contributed by atoms with E-state index in [-0.39, 0.29) is 0 Å². The minimum Gasteiger partial charge on any atom is -0.309 e. The Balaban J connectivity index is 0.000000531. The second kappa shape index (κ2) is 5.92. The van der Waals surface area contributed by atoms with Crippen molar-refractivity contribution in [3.8, 4) is 0 Å². The quantitative estimate of drug-likeness (QED) is 0.741. The topological polar surface area (TPSA) is 12.0 Å². The summed E-state index contributed by atoms with van der Waals surface area (Å²) in [4.78, 5) is 0. The predicted molar refractivity (Wildman–Crippen MR) is 67.0 cm³/mol. The molecule has 0 spiro atoms. The highest BCUT2D eigenvalue weighted by Crippen LogP contribution is 2.19. The van der Waals surface area contributed by atoms with Crippen molar-refractivity contribution >= 4 is 0 Å². The van der Waals surface area contributed by atoms with Gasteiger partial charge >= 0.3 is 0 Å². The van der Waals surface area contributed by atoms with E-state index in [1.165, 1.54) is 17.5 Å². The molecule has 1 aliphatic rings. The molecule has 0 amide bonds. The van der Waals surface area contributed by atoms with Crippen LogP contribution in [0.1, 0.15) is 38.8 Å². The zero-order valence-corrected chi connectivity index (χ0v) is 10.4. The van der Waals surface area contributed by atoms with Crippen molar-refractivity contribution in [3.63, 3.8) is 0 Å². The highest BCUT2D eigenvalue weighted by Gasteiger charge is 2.19. The van der Waals surface area contributed by atoms with Crippen LogP contribution in [0.3, 0.4) is 0 Å². The van der Waals surface area contributed by atoms with Gasteiger partial charge in [0.1, 0.15) is 0 Å². The summed E-state index contributed by atoms with van der Waals surface area (Å²) in [6.45, 7) is 9.61. The largest absolute Gasteiger partial charge is 0.309 e. The van der Waals surface area contributed by atoms with Crippen LogP contribution >= 0.6 is 0 Å². The normalized spacial score (nSPS) is 19.1. The summed E-state index contributed by atoms with van der Waals surface area (Å²) < 4.78 is 0. The van der Waals surface area contributed by atoms with E-state index in [2.05, 4.69) is 43.4 Å². The van der Waals surface area contributed by atoms with Gasteiger partial charge in [-0.2, -0.15) is 0 Å². The first kappa shape index (κ1) is 12.3. The Kier molecular flexibility index (Phi) is 4.83. The van der Waals surface area contributed by atoms with E-state index < -0.39 is 0 Å². The van der Waals surface area contributed by atoms with Crippen molar-refractivity contribution in [3.05, 3.63) is 35.4 Å². The van der Waals surface area contributed by atoms with Crippen molar-refractivity contribution in [2.45, 2.75) is 46.7 Å². The molecule has 1 nitrogen and oxygen atoms in total. The maximum Gasteiger partial charge on any atom is 0.0211 e. The van der Waals surface area contributed by atoms with E-state index in [0.717, 1.165) is 12.5 Å². The summed E-state index contributed by atoms with van der Waals surface area (Å²) >= 11 is 0. The van der Waals surface area contributed by atoms with Gasteiger partial charge in [0.15, 0.2) is 0 Å². The fourth-order valence-corrected chi connectivity index (χ4v) is 1.95. The van der Waals surface area contributed by atoms with Crippen molar-refractivity contribution in [1.82, 2.24) is 5.32 Å². The van der Waals surface area contributed by atoms with Crippen LogP contribution in [-0.2, 0) is 13.0 Å². The van der Waals surface area contributed by atoms with Crippen molar-refractivity contribution in [2.75, 3.05) is 0 Å². The third-order valence-electron chi connectivity index (χ3n) is 2.92. The molecule has 1 aliphatic heterocycles. The van der Waals surface area contributed by atoms with Gasteiger partial charge in [0.2, 0.25) is 0 Å². The minimum atomic E-state index is 0.662. The first-order chi connectivity index (χ1) is 7.27. The second-order valence-electron chi connectivity index (χ2n) is 4.20. The molecule has 0 unspecified atom stereocenters. The number of benzene rings is 1. The number of hydrogen-bond donors (Lipinski definition) is 1. The third-order valence-corrected chi connectivity index (χ3v) is 2.92. The zero-order chi connectivity index (χ0) is 11.3. The summed E-state index contributed by atoms with van der Waals surface area (Å²) in [6.07, 6.45) is 1.19. The van der Waals surface area contributed by atoms with Gasteiger partial charge in [-0.1, -0.05) is 52.0 Å². The summed E-state index contributed by atoms with van der Waals surface area (Å²) in [7, 11) is 0. The minimum absolute atomic E-state index is 0.662. The lowest BCUT2D eigenvalue weighted by atomic mass is 9.90. The molecule has 1 heterocycles. The van der Waals surface area contributed by atoms with Crippen LogP contribution in [0.4, 0.5) is 0 Å². The monoisotopic (exact) mass is 205 g/mol. The van der Waals surface area contributed by atoms with E-state index in [9.17, 15) is 0 Å². The Morgan fingerprint density at radius 1 is 1.13 bits per heavy atom. The van der Waals surface area contributed by atoms with Gasteiger partial charge < -0.3 is 5.32 Å². The van der Waals surface area contributed by atoms with Gasteiger partial charge in [-0.3, -0.25) is 0 Å². The lowest BCUT2D eigenvalue weighted by Crippen LogP contribution is -2.39. The zero-order valence-electron chi connectivity index (χ0n) is 10.4. The first-order valence-corrected chi connectivity index (χ1v) is 6.07. The van der Waals surface area contributed by atoms with E-state index >= 15 is 0 Å². The van der Waals surface area contributed by atoms with Gasteiger partial charge in [-0.25, -0.2) is 0 Å². The van der Waals surface area contributed by atoms with Crippen LogP contribution in [0.15, 0.2) is 24.3 Å². The molecule has 0 saturated heterocycles. The average Bonchev–Trinajstić information content (AvgIpc) is 2.31. The Morgan fingerprint density at radius 2 is 1.73 bits per heavy atom. The molecule has 0 aliphatic carbocycles. The average molecular weight is 205 g/mol. The molecule has 0 aromatic heterocycles. The van der Waals surface area contributed by atoms with E-state index in [1.54, 1.807) is 0 Å². The van der Waals surface area contributed by atoms with Crippen LogP contribution in [0.25, 0.3) is 0 Å². The third kappa shape index (κ3) is 3.07. The van der Waals surface area contributed by atoms with Crippen LogP contribution in [0, 0.1) is 5.92 Å². The molecule has 84 valence electrons. The van der Waals surface area contributed by atoms with Crippen LogP contribution in [-0.4, -0.2) is 6.04 Å². The summed E-state index contributed by atoms with van der Waals surface area (Å²) in [6, 6.07) is 9.40. The standard InChI is InChI=1S/C12H17N.C2H6/c1-9(2)12-7-10-5-3-4-6-11(10)8-13-12;1-2/h3-6,9,12-13H,7-8H2,1-2H3;1-2H3/t12-;/m1./s1. The Morgan fingerprint density at radius 3 is 2.33 bits per heavy atom. The van der Waals surface area contributed by atoms with E-state index in [1.807, 2.05) is 13.8 Å². The molecule has 1 N–H and O–H groups in total. The molecule has 1 atom stereocenters. The molecule has 2 rings (SSSR count). The maximum atomic E-state index is 3.57. The van der Waals surface area contributed by atoms with Crippen molar-refractivity contribution in [1.29, 1.82) is 0 Å². The van der Waals surface area contributed by atoms with Crippen LogP contribution in [0.5, 0.6) is 0 Å². The molecule has 1 aromatic rings. The fraction of sp³-hybridized carbons (Fsp3) is 0.571. The predicted octanol–water partition coefficient (Wildman–Crippen LogP) is 3.38. The lowest BCUT2D eigenvalue weighted by molar-refractivity contribution is 0.377. The number of rotatable bonds is 1. The maximum absolute atomic E-state index is 3.57. The lowest BCUT2D eigenvalue weighted by Gasteiger charge is -2.28. The second-order valence-corrected chi connectivity index (χ2v) is 4.20. The number of fused-ring (bicyclic) bond motifs is 1. The molecule has 0 fully saturated rings. The van der Waals surface area contributed by atoms with Crippen LogP contribution in [0.2, 0.25) is 0 Å². The number of nitrogens with one attached hydrogen (secondary N) is 1. The molecular weight excluding hydrogens is 182 g/mol. The van der Waals surface area contributed by atoms with Crippen molar-refractivity contribution in [2.24, 2.45) is 5.92 Å². The molecule has 0 radical (unpaired) electrons. The summed E-state index contributed by atoms with van der Waals surface area (Å²) in [5, 5.41) is 3.57. The summed E-state index contributed by atoms with van der Waals surface area (Å²) in [5.74, 6) is 0.730. The van der Waals surface area contributed by atoms with Gasteiger partial charge in [0, 0.05) is 12.6 Å². The number of hydrogen-bond acceptors (Lipinski definition) is 1. The molecule has 0 saturated carbocycles. The van der Waals surface area contributed by atoms with Gasteiger partial charge in [-0.05, 0) is 23.5 Å². The Bertz CT molecular complexity index is 291. The van der Waals surface area contributed by atoms with Gasteiger partial charge in [0.25, 0.3) is 0 Å². The van der Waals surface area contributed by atoms with E-state index in [4.69, 9.17) is 0 Å². The Hall–Kier alpha value is -0.820. The molecule has 15 heavy (non-hydrogen) atoms. The highest BCUT2D eigenvalue weighted by molar-refractivity contribution is 5.29.